The lowest BCUT2D eigenvalue weighted by molar-refractivity contribution is -0.140. The van der Waals surface area contributed by atoms with Gasteiger partial charge in [0, 0.05) is 35.4 Å². The van der Waals surface area contributed by atoms with Crippen molar-refractivity contribution in [2.45, 2.75) is 32.2 Å². The molecule has 3 amide bonds. The summed E-state index contributed by atoms with van der Waals surface area (Å²) in [4.78, 5) is 41.0. The monoisotopic (exact) mass is 436 g/mol. The summed E-state index contributed by atoms with van der Waals surface area (Å²) in [6, 6.07) is 4.66. The third-order valence-electron chi connectivity index (χ3n) is 5.06. The minimum Gasteiger partial charge on any atom is -0.347 e. The van der Waals surface area contributed by atoms with Gasteiger partial charge in [-0.05, 0) is 51.1 Å². The highest BCUT2D eigenvalue weighted by atomic mass is 79.9. The molecule has 2 aliphatic heterocycles. The minimum absolute atomic E-state index is 0.222. The molecule has 8 heteroatoms. The number of rotatable bonds is 5. The van der Waals surface area contributed by atoms with Gasteiger partial charge in [0.05, 0.1) is 0 Å². The SMILES string of the molecule is CCN1C(=O)[C@@H](NC(=O)C(=O)NCCN2CCCCC2)c2cc(Br)ccc21. The third-order valence-corrected chi connectivity index (χ3v) is 5.56. The number of carbonyl (C=O) groups is 3. The van der Waals surface area contributed by atoms with Gasteiger partial charge in [-0.3, -0.25) is 14.4 Å². The van der Waals surface area contributed by atoms with Crippen molar-refractivity contribution >= 4 is 39.3 Å². The first-order valence-electron chi connectivity index (χ1n) is 9.43. The van der Waals surface area contributed by atoms with Crippen molar-refractivity contribution < 1.29 is 14.4 Å². The van der Waals surface area contributed by atoms with Crippen LogP contribution in [-0.4, -0.2) is 55.3 Å². The lowest BCUT2D eigenvalue weighted by Gasteiger charge is -2.26. The summed E-state index contributed by atoms with van der Waals surface area (Å²) in [6.45, 7) is 5.62. The summed E-state index contributed by atoms with van der Waals surface area (Å²) in [6.07, 6.45) is 3.62. The summed E-state index contributed by atoms with van der Waals surface area (Å²) in [5.41, 5.74) is 1.46. The maximum absolute atomic E-state index is 12.6. The lowest BCUT2D eigenvalue weighted by atomic mass is 10.1. The molecule has 3 rings (SSSR count). The molecule has 0 aromatic heterocycles. The van der Waals surface area contributed by atoms with Crippen molar-refractivity contribution in [3.05, 3.63) is 28.2 Å². The first kappa shape index (κ1) is 19.8. The number of amides is 3. The van der Waals surface area contributed by atoms with Gasteiger partial charge in [-0.25, -0.2) is 0 Å². The Morgan fingerprint density at radius 3 is 2.63 bits per heavy atom. The largest absolute Gasteiger partial charge is 0.347 e. The van der Waals surface area contributed by atoms with E-state index in [1.807, 2.05) is 25.1 Å². The number of fused-ring (bicyclic) bond motifs is 1. The molecule has 0 saturated carbocycles. The van der Waals surface area contributed by atoms with Gasteiger partial charge >= 0.3 is 11.8 Å². The number of benzene rings is 1. The van der Waals surface area contributed by atoms with Gasteiger partial charge < -0.3 is 20.4 Å². The Labute approximate surface area is 167 Å². The molecule has 1 aromatic carbocycles. The molecular weight excluding hydrogens is 412 g/mol. The first-order chi connectivity index (χ1) is 13.0. The molecule has 7 nitrogen and oxygen atoms in total. The Morgan fingerprint density at radius 1 is 1.19 bits per heavy atom. The van der Waals surface area contributed by atoms with Gasteiger partial charge in [-0.1, -0.05) is 22.4 Å². The Bertz CT molecular complexity index is 734. The summed E-state index contributed by atoms with van der Waals surface area (Å²) in [5, 5.41) is 5.24. The van der Waals surface area contributed by atoms with Gasteiger partial charge in [-0.15, -0.1) is 0 Å². The van der Waals surface area contributed by atoms with Crippen LogP contribution in [0.4, 0.5) is 5.69 Å². The molecule has 2 heterocycles. The average Bonchev–Trinajstić information content (AvgIpc) is 2.93. The van der Waals surface area contributed by atoms with E-state index >= 15 is 0 Å². The average molecular weight is 437 g/mol. The number of halogens is 1. The molecular formula is C19H25BrN4O3. The van der Waals surface area contributed by atoms with Gasteiger partial charge in [-0.2, -0.15) is 0 Å². The maximum atomic E-state index is 12.6. The number of hydrogen-bond donors (Lipinski definition) is 2. The molecule has 1 atom stereocenters. The molecule has 0 radical (unpaired) electrons. The fourth-order valence-corrected chi connectivity index (χ4v) is 4.04. The fraction of sp³-hybridized carbons (Fsp3) is 0.526. The van der Waals surface area contributed by atoms with Crippen molar-refractivity contribution in [2.24, 2.45) is 0 Å². The number of likely N-dealkylation sites (N-methyl/N-ethyl adjacent to an activating group) is 1. The predicted octanol–water partition coefficient (Wildman–Crippen LogP) is 1.57. The topological polar surface area (TPSA) is 81.8 Å². The van der Waals surface area contributed by atoms with Gasteiger partial charge in [0.2, 0.25) is 0 Å². The van der Waals surface area contributed by atoms with Gasteiger partial charge in [0.1, 0.15) is 6.04 Å². The van der Waals surface area contributed by atoms with Crippen LogP contribution in [0.1, 0.15) is 37.8 Å². The van der Waals surface area contributed by atoms with E-state index in [2.05, 4.69) is 31.5 Å². The van der Waals surface area contributed by atoms with E-state index in [0.717, 1.165) is 29.8 Å². The van der Waals surface area contributed by atoms with Gasteiger partial charge in [0.15, 0.2) is 0 Å². The lowest BCUT2D eigenvalue weighted by Crippen LogP contribution is -2.46. The van der Waals surface area contributed by atoms with Crippen LogP contribution in [0.5, 0.6) is 0 Å². The van der Waals surface area contributed by atoms with E-state index < -0.39 is 17.9 Å². The van der Waals surface area contributed by atoms with Crippen LogP contribution in [0.25, 0.3) is 0 Å². The highest BCUT2D eigenvalue weighted by molar-refractivity contribution is 9.10. The van der Waals surface area contributed by atoms with Crippen LogP contribution in [0.2, 0.25) is 0 Å². The molecule has 2 aliphatic rings. The molecule has 0 unspecified atom stereocenters. The predicted molar refractivity (Wildman–Crippen MR) is 106 cm³/mol. The number of anilines is 1. The van der Waals surface area contributed by atoms with E-state index in [9.17, 15) is 14.4 Å². The highest BCUT2D eigenvalue weighted by Crippen LogP contribution is 2.37. The zero-order valence-electron chi connectivity index (χ0n) is 15.5. The van der Waals surface area contributed by atoms with E-state index in [-0.39, 0.29) is 5.91 Å². The second-order valence-electron chi connectivity index (χ2n) is 6.85. The van der Waals surface area contributed by atoms with Crippen molar-refractivity contribution in [1.82, 2.24) is 15.5 Å². The molecule has 146 valence electrons. The Hall–Kier alpha value is -1.93. The summed E-state index contributed by atoms with van der Waals surface area (Å²) in [7, 11) is 0. The van der Waals surface area contributed by atoms with Crippen LogP contribution in [-0.2, 0) is 14.4 Å². The highest BCUT2D eigenvalue weighted by Gasteiger charge is 2.38. The first-order valence-corrected chi connectivity index (χ1v) is 10.2. The van der Waals surface area contributed by atoms with Crippen molar-refractivity contribution in [3.63, 3.8) is 0 Å². The third kappa shape index (κ3) is 4.50. The van der Waals surface area contributed by atoms with Crippen molar-refractivity contribution in [1.29, 1.82) is 0 Å². The van der Waals surface area contributed by atoms with E-state index in [1.165, 1.54) is 19.3 Å². The smallest absolute Gasteiger partial charge is 0.310 e. The van der Waals surface area contributed by atoms with Crippen molar-refractivity contribution in [2.75, 3.05) is 37.6 Å². The van der Waals surface area contributed by atoms with Crippen LogP contribution in [0.3, 0.4) is 0 Å². The molecule has 1 saturated heterocycles. The molecule has 2 N–H and O–H groups in total. The van der Waals surface area contributed by atoms with E-state index in [1.54, 1.807) is 4.90 Å². The number of hydrogen-bond acceptors (Lipinski definition) is 4. The normalized spacial score (nSPS) is 19.7. The van der Waals surface area contributed by atoms with Crippen molar-refractivity contribution in [3.8, 4) is 0 Å². The summed E-state index contributed by atoms with van der Waals surface area (Å²) >= 11 is 3.39. The zero-order chi connectivity index (χ0) is 19.4. The maximum Gasteiger partial charge on any atom is 0.310 e. The van der Waals surface area contributed by atoms with Crippen LogP contribution >= 0.6 is 15.9 Å². The minimum atomic E-state index is -0.835. The molecule has 0 aliphatic carbocycles. The number of carbonyl (C=O) groups excluding carboxylic acids is 3. The Kier molecular flexibility index (Phi) is 6.49. The molecule has 27 heavy (non-hydrogen) atoms. The van der Waals surface area contributed by atoms with E-state index in [4.69, 9.17) is 0 Å². The quantitative estimate of drug-likeness (QED) is 0.686. The Morgan fingerprint density at radius 2 is 1.93 bits per heavy atom. The number of nitrogens with zero attached hydrogens (tertiary/aromatic N) is 2. The van der Waals surface area contributed by atoms with Crippen LogP contribution < -0.4 is 15.5 Å². The van der Waals surface area contributed by atoms with Crippen LogP contribution in [0.15, 0.2) is 22.7 Å². The van der Waals surface area contributed by atoms with Crippen LogP contribution in [0, 0.1) is 0 Å². The second-order valence-corrected chi connectivity index (χ2v) is 7.77. The summed E-state index contributed by atoms with van der Waals surface area (Å²) in [5.74, 6) is -1.71. The molecule has 1 aromatic rings. The van der Waals surface area contributed by atoms with E-state index in [0.29, 0.717) is 18.7 Å². The standard InChI is InChI=1S/C19H25BrN4O3/c1-2-24-15-7-6-13(20)12-14(15)16(19(24)27)22-18(26)17(25)21-8-11-23-9-4-3-5-10-23/h6-7,12,16H,2-5,8-11H2,1H3,(H,21,25)(H,22,26)/t16-/m0/s1. The molecule has 0 spiro atoms. The molecule has 1 fully saturated rings. The molecule has 0 bridgehead atoms. The number of nitrogens with one attached hydrogen (secondary N) is 2. The number of likely N-dealkylation sites (tertiary alicyclic amines) is 1. The summed E-state index contributed by atoms with van der Waals surface area (Å²) < 4.78 is 0.817. The Balaban J connectivity index is 1.57. The number of piperidine rings is 1. The zero-order valence-corrected chi connectivity index (χ0v) is 17.0. The second kappa shape index (κ2) is 8.84. The fourth-order valence-electron chi connectivity index (χ4n) is 3.66. The van der Waals surface area contributed by atoms with Gasteiger partial charge in [0.25, 0.3) is 5.91 Å².